The number of H-pyrrole nitrogens is 1. The summed E-state index contributed by atoms with van der Waals surface area (Å²) in [5, 5.41) is 14.9. The molecule has 0 saturated carbocycles. The van der Waals surface area contributed by atoms with Crippen LogP contribution in [0.3, 0.4) is 0 Å². The molecule has 34 heavy (non-hydrogen) atoms. The fourth-order valence-electron chi connectivity index (χ4n) is 4.15. The Balaban J connectivity index is 1.64. The molecule has 0 aliphatic carbocycles. The van der Waals surface area contributed by atoms with Crippen LogP contribution >= 0.6 is 0 Å². The second-order valence-corrected chi connectivity index (χ2v) is 8.52. The van der Waals surface area contributed by atoms with Crippen LogP contribution in [-0.2, 0) is 13.0 Å². The summed E-state index contributed by atoms with van der Waals surface area (Å²) in [5.74, 6) is 2.26. The van der Waals surface area contributed by atoms with E-state index in [2.05, 4.69) is 67.4 Å². The van der Waals surface area contributed by atoms with Crippen LogP contribution in [0.4, 0.5) is 5.95 Å². The average Bonchev–Trinajstić information content (AvgIpc) is 3.49. The van der Waals surface area contributed by atoms with Gasteiger partial charge in [-0.2, -0.15) is 10.2 Å². The van der Waals surface area contributed by atoms with Crippen molar-refractivity contribution in [2.75, 3.05) is 19.0 Å². The lowest BCUT2D eigenvalue weighted by molar-refractivity contribution is 0.716. The molecule has 5 aromatic rings. The number of aromatic nitrogens is 8. The smallest absolute Gasteiger partial charge is 0.227 e. The third-order valence-electron chi connectivity index (χ3n) is 5.81. The fourth-order valence-corrected chi connectivity index (χ4v) is 4.15. The number of imidazole rings is 1. The van der Waals surface area contributed by atoms with E-state index in [4.69, 9.17) is 9.97 Å². The SMILES string of the molecule is CCCc1nc2c(C)nc(N(C)C)nc2n1Cc1ccc(-c2ccccc2)c(-c2nn[nH]n2)c1. The van der Waals surface area contributed by atoms with E-state index in [1.54, 1.807) is 0 Å². The molecular formula is C25H27N9. The summed E-state index contributed by atoms with van der Waals surface area (Å²) in [6, 6.07) is 16.7. The molecule has 0 radical (unpaired) electrons. The number of aryl methyl sites for hydroxylation is 2. The largest absolute Gasteiger partial charge is 0.347 e. The first-order valence-corrected chi connectivity index (χ1v) is 11.4. The topological polar surface area (TPSA) is 101 Å². The minimum Gasteiger partial charge on any atom is -0.347 e. The van der Waals surface area contributed by atoms with Gasteiger partial charge in [0.15, 0.2) is 5.65 Å². The molecule has 0 unspecified atom stereocenters. The molecular weight excluding hydrogens is 426 g/mol. The highest BCUT2D eigenvalue weighted by molar-refractivity contribution is 5.81. The highest BCUT2D eigenvalue weighted by Crippen LogP contribution is 2.31. The predicted molar refractivity (Wildman–Crippen MR) is 133 cm³/mol. The summed E-state index contributed by atoms with van der Waals surface area (Å²) in [6.45, 7) is 4.79. The summed E-state index contributed by atoms with van der Waals surface area (Å²) in [7, 11) is 3.90. The number of fused-ring (bicyclic) bond motifs is 1. The number of benzene rings is 2. The second-order valence-electron chi connectivity index (χ2n) is 8.52. The highest BCUT2D eigenvalue weighted by Gasteiger charge is 2.18. The van der Waals surface area contributed by atoms with E-state index in [1.165, 1.54) is 0 Å². The van der Waals surface area contributed by atoms with Crippen LogP contribution in [0.5, 0.6) is 0 Å². The zero-order chi connectivity index (χ0) is 23.7. The molecule has 0 aliphatic rings. The summed E-state index contributed by atoms with van der Waals surface area (Å²) in [4.78, 5) is 16.3. The molecule has 9 nitrogen and oxygen atoms in total. The lowest BCUT2D eigenvalue weighted by Gasteiger charge is -2.14. The normalized spacial score (nSPS) is 11.3. The van der Waals surface area contributed by atoms with E-state index in [1.807, 2.05) is 44.1 Å². The van der Waals surface area contributed by atoms with Crippen LogP contribution in [0, 0.1) is 6.92 Å². The van der Waals surface area contributed by atoms with Gasteiger partial charge in [-0.15, -0.1) is 10.2 Å². The van der Waals surface area contributed by atoms with E-state index in [0.717, 1.165) is 57.8 Å². The monoisotopic (exact) mass is 453 g/mol. The van der Waals surface area contributed by atoms with Crippen LogP contribution in [0.25, 0.3) is 33.7 Å². The van der Waals surface area contributed by atoms with Crippen molar-refractivity contribution in [3.63, 3.8) is 0 Å². The van der Waals surface area contributed by atoms with Crippen molar-refractivity contribution in [2.45, 2.75) is 33.2 Å². The van der Waals surface area contributed by atoms with Gasteiger partial charge in [0.05, 0.1) is 12.2 Å². The summed E-state index contributed by atoms with van der Waals surface area (Å²) < 4.78 is 2.21. The molecule has 0 bridgehead atoms. The Labute approximate surface area is 197 Å². The molecule has 0 aliphatic heterocycles. The maximum absolute atomic E-state index is 4.92. The Hall–Kier alpha value is -4.14. The number of nitrogens with one attached hydrogen (secondary N) is 1. The zero-order valence-corrected chi connectivity index (χ0v) is 19.8. The summed E-state index contributed by atoms with van der Waals surface area (Å²) in [5.41, 5.74) is 6.80. The zero-order valence-electron chi connectivity index (χ0n) is 19.8. The van der Waals surface area contributed by atoms with Gasteiger partial charge in [-0.3, -0.25) is 0 Å². The first-order chi connectivity index (χ1) is 16.5. The molecule has 0 spiro atoms. The third kappa shape index (κ3) is 4.00. The molecule has 2 aromatic carbocycles. The lowest BCUT2D eigenvalue weighted by Crippen LogP contribution is -2.14. The van der Waals surface area contributed by atoms with Gasteiger partial charge in [-0.1, -0.05) is 49.4 Å². The van der Waals surface area contributed by atoms with Crippen molar-refractivity contribution in [3.05, 3.63) is 65.6 Å². The quantitative estimate of drug-likeness (QED) is 0.397. The van der Waals surface area contributed by atoms with Crippen LogP contribution in [0.2, 0.25) is 0 Å². The minimum atomic E-state index is 0.568. The Kier molecular flexibility index (Phi) is 5.75. The predicted octanol–water partition coefficient (Wildman–Crippen LogP) is 4.05. The number of tetrazole rings is 1. The van der Waals surface area contributed by atoms with Crippen molar-refractivity contribution in [1.82, 2.24) is 40.1 Å². The van der Waals surface area contributed by atoms with Crippen LogP contribution in [0.1, 0.15) is 30.4 Å². The minimum absolute atomic E-state index is 0.568. The Morgan fingerprint density at radius 2 is 1.79 bits per heavy atom. The number of aromatic amines is 1. The number of hydrogen-bond acceptors (Lipinski definition) is 7. The van der Waals surface area contributed by atoms with Gasteiger partial charge < -0.3 is 9.47 Å². The van der Waals surface area contributed by atoms with Gasteiger partial charge in [0.25, 0.3) is 0 Å². The maximum Gasteiger partial charge on any atom is 0.227 e. The van der Waals surface area contributed by atoms with Crippen molar-refractivity contribution < 1.29 is 0 Å². The Morgan fingerprint density at radius 1 is 0.971 bits per heavy atom. The maximum atomic E-state index is 4.92. The molecule has 3 aromatic heterocycles. The molecule has 0 atom stereocenters. The van der Waals surface area contributed by atoms with E-state index >= 15 is 0 Å². The van der Waals surface area contributed by atoms with Crippen molar-refractivity contribution in [3.8, 4) is 22.5 Å². The molecule has 0 fully saturated rings. The molecule has 3 heterocycles. The van der Waals surface area contributed by atoms with Crippen molar-refractivity contribution in [2.24, 2.45) is 0 Å². The Morgan fingerprint density at radius 3 is 2.50 bits per heavy atom. The summed E-state index contributed by atoms with van der Waals surface area (Å²) in [6.07, 6.45) is 1.87. The lowest BCUT2D eigenvalue weighted by atomic mass is 9.97. The first kappa shape index (κ1) is 21.7. The van der Waals surface area contributed by atoms with E-state index < -0.39 is 0 Å². The highest BCUT2D eigenvalue weighted by atomic mass is 15.5. The van der Waals surface area contributed by atoms with E-state index in [9.17, 15) is 0 Å². The van der Waals surface area contributed by atoms with Crippen molar-refractivity contribution >= 4 is 17.1 Å². The summed E-state index contributed by atoms with van der Waals surface area (Å²) >= 11 is 0. The van der Waals surface area contributed by atoms with Crippen LogP contribution in [-0.4, -0.2) is 54.2 Å². The Bertz CT molecular complexity index is 1420. The molecule has 172 valence electrons. The average molecular weight is 454 g/mol. The molecule has 0 saturated heterocycles. The van der Waals surface area contributed by atoms with Gasteiger partial charge in [-0.25, -0.2) is 9.97 Å². The number of nitrogens with zero attached hydrogens (tertiary/aromatic N) is 8. The van der Waals surface area contributed by atoms with E-state index in [0.29, 0.717) is 18.3 Å². The molecule has 0 amide bonds. The fraction of sp³-hybridized carbons (Fsp3) is 0.280. The number of hydrogen-bond donors (Lipinski definition) is 1. The third-order valence-corrected chi connectivity index (χ3v) is 5.81. The van der Waals surface area contributed by atoms with Gasteiger partial charge in [0.2, 0.25) is 11.8 Å². The van der Waals surface area contributed by atoms with Gasteiger partial charge >= 0.3 is 0 Å². The first-order valence-electron chi connectivity index (χ1n) is 11.4. The van der Waals surface area contributed by atoms with Crippen molar-refractivity contribution in [1.29, 1.82) is 0 Å². The van der Waals surface area contributed by atoms with Crippen LogP contribution in [0.15, 0.2) is 48.5 Å². The van der Waals surface area contributed by atoms with E-state index in [-0.39, 0.29) is 0 Å². The standard InChI is InChI=1S/C25H27N9/c1-5-9-21-27-22-16(2)26-25(33(3)4)28-24(22)34(21)15-17-12-13-19(18-10-7-6-8-11-18)20(14-17)23-29-31-32-30-23/h6-8,10-14H,5,9,15H2,1-4H3,(H,29,30,31,32). The van der Waals surface area contributed by atoms with Gasteiger partial charge in [-0.05, 0) is 41.3 Å². The van der Waals surface area contributed by atoms with Gasteiger partial charge in [0.1, 0.15) is 11.3 Å². The molecule has 9 heteroatoms. The van der Waals surface area contributed by atoms with Gasteiger partial charge in [0, 0.05) is 26.1 Å². The number of rotatable bonds is 7. The molecule has 5 rings (SSSR count). The second kappa shape index (κ2) is 9.01. The van der Waals surface area contributed by atoms with Crippen LogP contribution < -0.4 is 4.90 Å². The molecule has 1 N–H and O–H groups in total. The number of anilines is 1.